The number of benzene rings is 3. The Kier molecular flexibility index (Phi) is 6.08. The summed E-state index contributed by atoms with van der Waals surface area (Å²) in [7, 11) is 0. The Morgan fingerprint density at radius 1 is 0.816 bits per heavy atom. The second-order valence-corrected chi connectivity index (χ2v) is 8.86. The molecule has 7 heteroatoms. The van der Waals surface area contributed by atoms with E-state index >= 15 is 0 Å². The van der Waals surface area contributed by atoms with Gasteiger partial charge >= 0.3 is 0 Å². The van der Waals surface area contributed by atoms with Gasteiger partial charge in [-0.3, -0.25) is 14.6 Å². The average Bonchev–Trinajstić information content (AvgIpc) is 3.14. The van der Waals surface area contributed by atoms with E-state index in [0.29, 0.717) is 23.5 Å². The molecule has 0 radical (unpaired) electrons. The molecule has 0 atom stereocenters. The number of rotatable bonds is 4. The molecule has 0 saturated heterocycles. The number of nitrogens with one attached hydrogen (secondary N) is 2. The highest BCUT2D eigenvalue weighted by molar-refractivity contribution is 6.11. The summed E-state index contributed by atoms with van der Waals surface area (Å²) in [5, 5.41) is 6.31. The fourth-order valence-corrected chi connectivity index (χ4v) is 4.60. The number of carbonyl (C=O) groups excluding carboxylic acids is 2. The maximum absolute atomic E-state index is 13.8. The lowest BCUT2D eigenvalue weighted by atomic mass is 10.0. The summed E-state index contributed by atoms with van der Waals surface area (Å²) in [6, 6.07) is 30.0. The number of hydrogen-bond donors (Lipinski definition) is 2. The van der Waals surface area contributed by atoms with Crippen LogP contribution in [0.5, 0.6) is 0 Å². The van der Waals surface area contributed by atoms with Gasteiger partial charge < -0.3 is 15.5 Å². The van der Waals surface area contributed by atoms with Gasteiger partial charge in [-0.15, -0.1) is 0 Å². The molecule has 184 valence electrons. The van der Waals surface area contributed by atoms with Gasteiger partial charge in [0, 0.05) is 41.0 Å². The molecule has 7 nitrogen and oxygen atoms in total. The van der Waals surface area contributed by atoms with E-state index in [-0.39, 0.29) is 11.8 Å². The van der Waals surface area contributed by atoms with Crippen LogP contribution in [-0.2, 0) is 6.54 Å². The molecule has 3 aromatic carbocycles. The lowest BCUT2D eigenvalue weighted by Crippen LogP contribution is -2.30. The van der Waals surface area contributed by atoms with Crippen LogP contribution < -0.4 is 15.5 Å². The summed E-state index contributed by atoms with van der Waals surface area (Å²) < 4.78 is 0. The molecule has 2 N–H and O–H groups in total. The second kappa shape index (κ2) is 9.99. The Hall–Kier alpha value is -5.30. The van der Waals surface area contributed by atoms with Crippen LogP contribution in [0, 0.1) is 0 Å². The Morgan fingerprint density at radius 3 is 2.47 bits per heavy atom. The van der Waals surface area contributed by atoms with Gasteiger partial charge in [0.1, 0.15) is 5.82 Å². The third kappa shape index (κ3) is 4.49. The number of amides is 2. The highest BCUT2D eigenvalue weighted by Gasteiger charge is 2.25. The van der Waals surface area contributed by atoms with E-state index < -0.39 is 0 Å². The van der Waals surface area contributed by atoms with Crippen molar-refractivity contribution in [1.29, 1.82) is 0 Å². The van der Waals surface area contributed by atoms with Crippen molar-refractivity contribution >= 4 is 34.7 Å². The number of pyridine rings is 2. The summed E-state index contributed by atoms with van der Waals surface area (Å²) >= 11 is 0. The number of carbonyl (C=O) groups is 2. The molecule has 1 aliphatic heterocycles. The normalized spacial score (nSPS) is 11.9. The lowest BCUT2D eigenvalue weighted by molar-refractivity contribution is 0.0982. The van der Waals surface area contributed by atoms with Crippen LogP contribution in [0.1, 0.15) is 26.3 Å². The number of hydrogen-bond acceptors (Lipinski definition) is 5. The largest absolute Gasteiger partial charge is 0.354 e. The van der Waals surface area contributed by atoms with Crippen molar-refractivity contribution in [2.24, 2.45) is 0 Å². The fraction of sp³-hybridized carbons (Fsp3) is 0.0323. The van der Waals surface area contributed by atoms with Gasteiger partial charge in [0.2, 0.25) is 0 Å². The molecule has 2 amide bonds. The lowest BCUT2D eigenvalue weighted by Gasteiger charge is -2.23. The predicted molar refractivity (Wildman–Crippen MR) is 149 cm³/mol. The number of anilines is 4. The van der Waals surface area contributed by atoms with Gasteiger partial charge in [0.05, 0.1) is 17.9 Å². The number of aromatic nitrogens is 2. The number of para-hydroxylation sites is 3. The Morgan fingerprint density at radius 2 is 1.61 bits per heavy atom. The first kappa shape index (κ1) is 23.1. The van der Waals surface area contributed by atoms with Gasteiger partial charge in [-0.2, -0.15) is 0 Å². The highest BCUT2D eigenvalue weighted by Crippen LogP contribution is 2.36. The van der Waals surface area contributed by atoms with Crippen molar-refractivity contribution < 1.29 is 9.59 Å². The van der Waals surface area contributed by atoms with E-state index in [1.54, 1.807) is 35.5 Å². The molecule has 38 heavy (non-hydrogen) atoms. The zero-order valence-electron chi connectivity index (χ0n) is 20.3. The van der Waals surface area contributed by atoms with Crippen LogP contribution in [0.3, 0.4) is 0 Å². The van der Waals surface area contributed by atoms with Gasteiger partial charge in [0.25, 0.3) is 11.8 Å². The third-order valence-corrected chi connectivity index (χ3v) is 6.45. The smallest absolute Gasteiger partial charge is 0.258 e. The van der Waals surface area contributed by atoms with Crippen molar-refractivity contribution in [3.05, 3.63) is 132 Å². The van der Waals surface area contributed by atoms with Gasteiger partial charge in [0.15, 0.2) is 0 Å². The van der Waals surface area contributed by atoms with Gasteiger partial charge in [-0.05, 0) is 53.6 Å². The maximum Gasteiger partial charge on any atom is 0.258 e. The summed E-state index contributed by atoms with van der Waals surface area (Å²) in [4.78, 5) is 37.3. The van der Waals surface area contributed by atoms with Crippen molar-refractivity contribution in [1.82, 2.24) is 9.97 Å². The molecule has 0 spiro atoms. The number of nitrogens with zero attached hydrogens (tertiary/aromatic N) is 3. The molecular weight excluding hydrogens is 474 g/mol. The van der Waals surface area contributed by atoms with Crippen LogP contribution in [0.15, 0.2) is 116 Å². The van der Waals surface area contributed by atoms with E-state index in [1.165, 1.54) is 6.20 Å². The van der Waals surface area contributed by atoms with Crippen molar-refractivity contribution in [2.45, 2.75) is 6.54 Å². The van der Waals surface area contributed by atoms with Crippen molar-refractivity contribution in [3.8, 4) is 11.1 Å². The van der Waals surface area contributed by atoms with Crippen molar-refractivity contribution in [3.63, 3.8) is 0 Å². The summed E-state index contributed by atoms with van der Waals surface area (Å²) in [6.07, 6.45) is 4.94. The van der Waals surface area contributed by atoms with E-state index in [9.17, 15) is 9.59 Å². The molecule has 0 saturated carbocycles. The fourth-order valence-electron chi connectivity index (χ4n) is 4.60. The monoisotopic (exact) mass is 497 g/mol. The molecular formula is C31H23N5O2. The van der Waals surface area contributed by atoms with E-state index in [0.717, 1.165) is 33.8 Å². The van der Waals surface area contributed by atoms with Crippen LogP contribution in [-0.4, -0.2) is 21.8 Å². The Bertz CT molecular complexity index is 1650. The zero-order chi connectivity index (χ0) is 25.9. The van der Waals surface area contributed by atoms with Crippen LogP contribution in [0.4, 0.5) is 22.9 Å². The summed E-state index contributed by atoms with van der Waals surface area (Å²) in [6.45, 7) is 0.404. The predicted octanol–water partition coefficient (Wildman–Crippen LogP) is 6.30. The zero-order valence-corrected chi connectivity index (χ0v) is 20.3. The first-order valence-corrected chi connectivity index (χ1v) is 12.2. The average molecular weight is 498 g/mol. The topological polar surface area (TPSA) is 87.2 Å². The molecule has 1 aliphatic rings. The molecule has 3 heterocycles. The van der Waals surface area contributed by atoms with E-state index in [4.69, 9.17) is 0 Å². The van der Waals surface area contributed by atoms with Crippen LogP contribution in [0.25, 0.3) is 11.1 Å². The first-order valence-electron chi connectivity index (χ1n) is 12.2. The number of fused-ring (bicyclic) bond motifs is 2. The summed E-state index contributed by atoms with van der Waals surface area (Å²) in [5.41, 5.74) is 6.11. The molecule has 0 fully saturated rings. The molecule has 0 unspecified atom stereocenters. The van der Waals surface area contributed by atoms with Crippen molar-refractivity contribution in [2.75, 3.05) is 15.5 Å². The minimum absolute atomic E-state index is 0.190. The minimum atomic E-state index is -0.320. The molecule has 6 rings (SSSR count). The SMILES string of the molecule is O=C(Nc1cc(C(=O)N2Cc3ccccc3Nc3ccccc32)ccn1)c1ccccc1-c1cccnc1. The molecule has 5 aromatic rings. The summed E-state index contributed by atoms with van der Waals surface area (Å²) in [5.74, 6) is -0.215. The molecule has 0 aliphatic carbocycles. The molecule has 0 bridgehead atoms. The second-order valence-electron chi connectivity index (χ2n) is 8.86. The van der Waals surface area contributed by atoms with Crippen LogP contribution >= 0.6 is 0 Å². The quantitative estimate of drug-likeness (QED) is 0.304. The Balaban J connectivity index is 1.30. The maximum atomic E-state index is 13.8. The Labute approximate surface area is 219 Å². The third-order valence-electron chi connectivity index (χ3n) is 6.45. The van der Waals surface area contributed by atoms with Crippen LogP contribution in [0.2, 0.25) is 0 Å². The first-order chi connectivity index (χ1) is 18.7. The van der Waals surface area contributed by atoms with E-state index in [1.807, 2.05) is 78.9 Å². The van der Waals surface area contributed by atoms with Gasteiger partial charge in [-0.25, -0.2) is 4.98 Å². The molecule has 2 aromatic heterocycles. The van der Waals surface area contributed by atoms with E-state index in [2.05, 4.69) is 20.6 Å². The highest BCUT2D eigenvalue weighted by atomic mass is 16.2. The minimum Gasteiger partial charge on any atom is -0.354 e. The van der Waals surface area contributed by atoms with Gasteiger partial charge in [-0.1, -0.05) is 54.6 Å². The standard InChI is InChI=1S/C31H23N5O2/c37-30(25-11-3-2-10-24(25)22-9-7-16-32-19-22)35-29-18-21(15-17-33-29)31(38)36-20-23-8-1-4-12-26(23)34-27-13-5-6-14-28(27)36/h1-19,34H,20H2,(H,33,35,37).